The second kappa shape index (κ2) is 2.90. The third-order valence-electron chi connectivity index (χ3n) is 1.78. The monoisotopic (exact) mass is 174 g/mol. The van der Waals surface area contributed by atoms with Gasteiger partial charge in [0.1, 0.15) is 0 Å². The first-order valence-electron chi connectivity index (χ1n) is 3.99. The molecule has 2 aromatic rings. The SMILES string of the molecule is Cc1cn(-c2cccnc2)c(N)n1. The van der Waals surface area contributed by atoms with Crippen LogP contribution < -0.4 is 5.73 Å². The van der Waals surface area contributed by atoms with Crippen molar-refractivity contribution in [2.75, 3.05) is 5.73 Å². The molecule has 0 saturated heterocycles. The van der Waals surface area contributed by atoms with E-state index in [2.05, 4.69) is 9.97 Å². The minimum atomic E-state index is 0.491. The van der Waals surface area contributed by atoms with E-state index in [4.69, 9.17) is 5.73 Å². The summed E-state index contributed by atoms with van der Waals surface area (Å²) < 4.78 is 1.81. The van der Waals surface area contributed by atoms with Gasteiger partial charge in [0, 0.05) is 12.4 Å². The van der Waals surface area contributed by atoms with Gasteiger partial charge in [-0.25, -0.2) is 4.98 Å². The summed E-state index contributed by atoms with van der Waals surface area (Å²) in [5, 5.41) is 0. The molecule has 0 saturated carbocycles. The second-order valence-electron chi connectivity index (χ2n) is 2.82. The maximum atomic E-state index is 5.70. The lowest BCUT2D eigenvalue weighted by Gasteiger charge is -2.01. The lowest BCUT2D eigenvalue weighted by molar-refractivity contribution is 1.05. The molecule has 0 radical (unpaired) electrons. The Labute approximate surface area is 76.1 Å². The predicted octanol–water partition coefficient (Wildman–Crippen LogP) is 1.16. The molecule has 66 valence electrons. The Morgan fingerprint density at radius 2 is 2.31 bits per heavy atom. The van der Waals surface area contributed by atoms with Gasteiger partial charge in [-0.1, -0.05) is 0 Å². The highest BCUT2D eigenvalue weighted by atomic mass is 15.1. The Hall–Kier alpha value is -1.84. The molecule has 2 heterocycles. The summed E-state index contributed by atoms with van der Waals surface area (Å²) in [6, 6.07) is 3.80. The molecular formula is C9H10N4. The van der Waals surface area contributed by atoms with Crippen LogP contribution in [-0.4, -0.2) is 14.5 Å². The van der Waals surface area contributed by atoms with E-state index < -0.39 is 0 Å². The van der Waals surface area contributed by atoms with Crippen LogP contribution in [0, 0.1) is 6.92 Å². The van der Waals surface area contributed by atoms with E-state index in [-0.39, 0.29) is 0 Å². The average molecular weight is 174 g/mol. The van der Waals surface area contributed by atoms with Gasteiger partial charge in [-0.05, 0) is 19.1 Å². The largest absolute Gasteiger partial charge is 0.369 e. The van der Waals surface area contributed by atoms with Crippen molar-refractivity contribution in [1.29, 1.82) is 0 Å². The van der Waals surface area contributed by atoms with Gasteiger partial charge in [0.2, 0.25) is 5.95 Å². The fraction of sp³-hybridized carbons (Fsp3) is 0.111. The van der Waals surface area contributed by atoms with E-state index in [1.807, 2.05) is 29.8 Å². The normalized spacial score (nSPS) is 10.2. The number of nitrogens with two attached hydrogens (primary N) is 1. The minimum absolute atomic E-state index is 0.491. The molecule has 2 aromatic heterocycles. The number of imidazole rings is 1. The number of aryl methyl sites for hydroxylation is 1. The number of anilines is 1. The smallest absolute Gasteiger partial charge is 0.205 e. The number of hydrogen-bond donors (Lipinski definition) is 1. The van der Waals surface area contributed by atoms with Gasteiger partial charge in [-0.15, -0.1) is 0 Å². The number of nitrogen functional groups attached to an aromatic ring is 1. The molecule has 0 unspecified atom stereocenters. The molecule has 0 aliphatic heterocycles. The van der Waals surface area contributed by atoms with Gasteiger partial charge < -0.3 is 5.73 Å². The van der Waals surface area contributed by atoms with Gasteiger partial charge in [-0.2, -0.15) is 0 Å². The molecule has 2 N–H and O–H groups in total. The summed E-state index contributed by atoms with van der Waals surface area (Å²) >= 11 is 0. The first-order valence-corrected chi connectivity index (χ1v) is 3.99. The molecule has 0 aliphatic carbocycles. The number of aromatic nitrogens is 3. The van der Waals surface area contributed by atoms with Crippen molar-refractivity contribution >= 4 is 5.95 Å². The zero-order chi connectivity index (χ0) is 9.26. The number of nitrogens with zero attached hydrogens (tertiary/aromatic N) is 3. The van der Waals surface area contributed by atoms with Crippen molar-refractivity contribution in [1.82, 2.24) is 14.5 Å². The molecule has 0 bridgehead atoms. The highest BCUT2D eigenvalue weighted by Gasteiger charge is 2.02. The van der Waals surface area contributed by atoms with Crippen molar-refractivity contribution in [2.45, 2.75) is 6.92 Å². The molecule has 13 heavy (non-hydrogen) atoms. The molecular weight excluding hydrogens is 164 g/mol. The van der Waals surface area contributed by atoms with E-state index in [0.717, 1.165) is 11.4 Å². The fourth-order valence-corrected chi connectivity index (χ4v) is 1.22. The third-order valence-corrected chi connectivity index (χ3v) is 1.78. The van der Waals surface area contributed by atoms with Gasteiger partial charge >= 0.3 is 0 Å². The Morgan fingerprint density at radius 3 is 2.85 bits per heavy atom. The number of hydrogen-bond acceptors (Lipinski definition) is 3. The van der Waals surface area contributed by atoms with Crippen molar-refractivity contribution < 1.29 is 0 Å². The quantitative estimate of drug-likeness (QED) is 0.705. The lowest BCUT2D eigenvalue weighted by Crippen LogP contribution is -1.99. The Morgan fingerprint density at radius 1 is 1.46 bits per heavy atom. The molecule has 0 aliphatic rings. The van der Waals surface area contributed by atoms with Crippen LogP contribution in [0.25, 0.3) is 5.69 Å². The zero-order valence-electron chi connectivity index (χ0n) is 7.31. The lowest BCUT2D eigenvalue weighted by atomic mass is 10.4. The maximum Gasteiger partial charge on any atom is 0.205 e. The molecule has 4 heteroatoms. The average Bonchev–Trinajstić information content (AvgIpc) is 2.47. The molecule has 0 fully saturated rings. The summed E-state index contributed by atoms with van der Waals surface area (Å²) in [5.41, 5.74) is 7.53. The molecule has 2 rings (SSSR count). The number of pyridine rings is 1. The van der Waals surface area contributed by atoms with Gasteiger partial charge in [0.25, 0.3) is 0 Å². The van der Waals surface area contributed by atoms with Crippen LogP contribution >= 0.6 is 0 Å². The topological polar surface area (TPSA) is 56.7 Å². The van der Waals surface area contributed by atoms with Crippen LogP contribution in [0.1, 0.15) is 5.69 Å². The van der Waals surface area contributed by atoms with Gasteiger partial charge in [0.15, 0.2) is 0 Å². The van der Waals surface area contributed by atoms with Crippen LogP contribution in [0.3, 0.4) is 0 Å². The summed E-state index contributed by atoms with van der Waals surface area (Å²) in [4.78, 5) is 8.11. The fourth-order valence-electron chi connectivity index (χ4n) is 1.22. The number of rotatable bonds is 1. The Bertz CT molecular complexity index is 405. The third kappa shape index (κ3) is 1.38. The van der Waals surface area contributed by atoms with Crippen molar-refractivity contribution in [3.8, 4) is 5.69 Å². The van der Waals surface area contributed by atoms with Crippen molar-refractivity contribution in [2.24, 2.45) is 0 Å². The van der Waals surface area contributed by atoms with Crippen molar-refractivity contribution in [3.05, 3.63) is 36.4 Å². The van der Waals surface area contributed by atoms with E-state index in [9.17, 15) is 0 Å². The van der Waals surface area contributed by atoms with Crippen LogP contribution in [0.5, 0.6) is 0 Å². The first-order chi connectivity index (χ1) is 6.27. The highest BCUT2D eigenvalue weighted by molar-refractivity contribution is 5.38. The molecule has 0 amide bonds. The van der Waals surface area contributed by atoms with Crippen LogP contribution in [-0.2, 0) is 0 Å². The standard InChI is InChI=1S/C9H10N4/c1-7-6-13(9(10)12-7)8-3-2-4-11-5-8/h2-6H,1H3,(H2,10,12). The van der Waals surface area contributed by atoms with Crippen molar-refractivity contribution in [3.63, 3.8) is 0 Å². The highest BCUT2D eigenvalue weighted by Crippen LogP contribution is 2.11. The predicted molar refractivity (Wildman–Crippen MR) is 50.5 cm³/mol. The second-order valence-corrected chi connectivity index (χ2v) is 2.82. The Kier molecular flexibility index (Phi) is 1.73. The summed E-state index contributed by atoms with van der Waals surface area (Å²) in [6.07, 6.45) is 5.35. The Balaban J connectivity index is 2.53. The maximum absolute atomic E-state index is 5.70. The molecule has 0 atom stereocenters. The van der Waals surface area contributed by atoms with E-state index in [0.29, 0.717) is 5.95 Å². The van der Waals surface area contributed by atoms with Crippen LogP contribution in [0.4, 0.5) is 5.95 Å². The molecule has 0 spiro atoms. The summed E-state index contributed by atoms with van der Waals surface area (Å²) in [7, 11) is 0. The first kappa shape index (κ1) is 7.79. The van der Waals surface area contributed by atoms with Crippen LogP contribution in [0.15, 0.2) is 30.7 Å². The van der Waals surface area contributed by atoms with Crippen LogP contribution in [0.2, 0.25) is 0 Å². The minimum Gasteiger partial charge on any atom is -0.369 e. The summed E-state index contributed by atoms with van der Waals surface area (Å²) in [6.45, 7) is 1.91. The van der Waals surface area contributed by atoms with E-state index in [1.165, 1.54) is 0 Å². The molecule has 0 aromatic carbocycles. The van der Waals surface area contributed by atoms with E-state index >= 15 is 0 Å². The summed E-state index contributed by atoms with van der Waals surface area (Å²) in [5.74, 6) is 0.491. The zero-order valence-corrected chi connectivity index (χ0v) is 7.31. The van der Waals surface area contributed by atoms with E-state index in [1.54, 1.807) is 12.4 Å². The van der Waals surface area contributed by atoms with Gasteiger partial charge in [0.05, 0.1) is 17.6 Å². The molecule has 4 nitrogen and oxygen atoms in total. The van der Waals surface area contributed by atoms with Gasteiger partial charge in [-0.3, -0.25) is 9.55 Å².